The van der Waals surface area contributed by atoms with Crippen LogP contribution >= 0.6 is 15.9 Å². The van der Waals surface area contributed by atoms with Crippen LogP contribution in [0.25, 0.3) is 0 Å². The highest BCUT2D eigenvalue weighted by Gasteiger charge is 2.43. The molecule has 21 heavy (non-hydrogen) atoms. The molecule has 0 aliphatic heterocycles. The Morgan fingerprint density at radius 2 is 1.95 bits per heavy atom. The van der Waals surface area contributed by atoms with E-state index in [0.717, 1.165) is 18.9 Å². The first-order valence-corrected chi connectivity index (χ1v) is 7.15. The summed E-state index contributed by atoms with van der Waals surface area (Å²) >= 11 is 3.15. The van der Waals surface area contributed by atoms with E-state index in [-0.39, 0.29) is 11.3 Å². The smallest absolute Gasteiger partial charge is 0.329 e. The van der Waals surface area contributed by atoms with Crippen LogP contribution in [-0.2, 0) is 4.79 Å². The maximum atomic E-state index is 12.3. The number of aliphatic carboxylic acids is 1. The summed E-state index contributed by atoms with van der Waals surface area (Å²) in [7, 11) is 0. The van der Waals surface area contributed by atoms with Crippen LogP contribution in [-0.4, -0.2) is 27.4 Å². The standard InChI is InChI=1S/C13H13BrN2O5/c14-10-4-3-8(16(20)21)7-9(10)11(17)15-13(12(18)19)5-1-2-6-13/h3-4,7H,1-2,5-6H2,(H,15,17)(H,18,19). The Balaban J connectivity index is 2.30. The Kier molecular flexibility index (Phi) is 4.26. The molecule has 0 aromatic heterocycles. The van der Waals surface area contributed by atoms with Gasteiger partial charge in [-0.1, -0.05) is 12.8 Å². The maximum Gasteiger partial charge on any atom is 0.329 e. The number of carbonyl (C=O) groups excluding carboxylic acids is 1. The number of nitro benzene ring substituents is 1. The molecule has 1 saturated carbocycles. The average molecular weight is 357 g/mol. The van der Waals surface area contributed by atoms with Crippen LogP contribution in [0, 0.1) is 10.1 Å². The van der Waals surface area contributed by atoms with Gasteiger partial charge in [0.15, 0.2) is 0 Å². The molecule has 1 aliphatic rings. The van der Waals surface area contributed by atoms with Gasteiger partial charge in [-0.3, -0.25) is 14.9 Å². The second-order valence-electron chi connectivity index (χ2n) is 4.97. The van der Waals surface area contributed by atoms with Crippen LogP contribution in [0.3, 0.4) is 0 Å². The molecule has 0 heterocycles. The highest BCUT2D eigenvalue weighted by molar-refractivity contribution is 9.10. The molecule has 0 bridgehead atoms. The molecule has 1 aliphatic carbocycles. The van der Waals surface area contributed by atoms with Crippen LogP contribution in [0.4, 0.5) is 5.69 Å². The fraction of sp³-hybridized carbons (Fsp3) is 0.385. The van der Waals surface area contributed by atoms with Crippen molar-refractivity contribution in [2.45, 2.75) is 31.2 Å². The predicted molar refractivity (Wildman–Crippen MR) is 77.1 cm³/mol. The Morgan fingerprint density at radius 1 is 1.33 bits per heavy atom. The van der Waals surface area contributed by atoms with Crippen molar-refractivity contribution in [3.63, 3.8) is 0 Å². The monoisotopic (exact) mass is 356 g/mol. The van der Waals surface area contributed by atoms with E-state index in [9.17, 15) is 24.8 Å². The van der Waals surface area contributed by atoms with Crippen molar-refractivity contribution in [2.24, 2.45) is 0 Å². The Morgan fingerprint density at radius 3 is 2.48 bits per heavy atom. The van der Waals surface area contributed by atoms with Gasteiger partial charge < -0.3 is 10.4 Å². The second kappa shape index (κ2) is 5.80. The summed E-state index contributed by atoms with van der Waals surface area (Å²) in [6.45, 7) is 0. The number of carbonyl (C=O) groups is 2. The summed E-state index contributed by atoms with van der Waals surface area (Å²) in [5.41, 5.74) is -1.45. The number of nitrogens with one attached hydrogen (secondary N) is 1. The normalized spacial score (nSPS) is 16.4. The predicted octanol–water partition coefficient (Wildman–Crippen LogP) is 2.48. The second-order valence-corrected chi connectivity index (χ2v) is 5.82. The van der Waals surface area contributed by atoms with Crippen molar-refractivity contribution in [3.05, 3.63) is 38.3 Å². The topological polar surface area (TPSA) is 110 Å². The molecule has 112 valence electrons. The number of hydrogen-bond donors (Lipinski definition) is 2. The van der Waals surface area contributed by atoms with E-state index in [1.165, 1.54) is 12.1 Å². The number of carboxylic acids is 1. The number of non-ortho nitro benzene ring substituents is 1. The van der Waals surface area contributed by atoms with Crippen LogP contribution in [0.15, 0.2) is 22.7 Å². The van der Waals surface area contributed by atoms with Crippen LogP contribution < -0.4 is 5.32 Å². The SMILES string of the molecule is O=C(NC1(C(=O)O)CCCC1)c1cc([N+](=O)[O-])ccc1Br. The Bertz CT molecular complexity index is 611. The summed E-state index contributed by atoms with van der Waals surface area (Å²) in [5.74, 6) is -1.70. The number of nitrogens with zero attached hydrogens (tertiary/aromatic N) is 1. The van der Waals surface area contributed by atoms with E-state index < -0.39 is 22.3 Å². The quantitative estimate of drug-likeness (QED) is 0.636. The highest BCUT2D eigenvalue weighted by atomic mass is 79.9. The van der Waals surface area contributed by atoms with Gasteiger partial charge in [0, 0.05) is 16.6 Å². The van der Waals surface area contributed by atoms with Gasteiger partial charge >= 0.3 is 5.97 Å². The van der Waals surface area contributed by atoms with Crippen molar-refractivity contribution in [3.8, 4) is 0 Å². The molecule has 1 fully saturated rings. The minimum Gasteiger partial charge on any atom is -0.480 e. The number of nitro groups is 1. The molecule has 0 radical (unpaired) electrons. The average Bonchev–Trinajstić information content (AvgIpc) is 2.88. The number of halogens is 1. The first kappa shape index (κ1) is 15.4. The van der Waals surface area contributed by atoms with E-state index >= 15 is 0 Å². The molecule has 0 atom stereocenters. The van der Waals surface area contributed by atoms with Gasteiger partial charge in [-0.25, -0.2) is 4.79 Å². The van der Waals surface area contributed by atoms with Crippen molar-refractivity contribution in [1.29, 1.82) is 0 Å². The molecule has 0 saturated heterocycles. The third-order valence-corrected chi connectivity index (χ3v) is 4.32. The van der Waals surface area contributed by atoms with Gasteiger partial charge in [-0.2, -0.15) is 0 Å². The zero-order valence-electron chi connectivity index (χ0n) is 11.0. The van der Waals surface area contributed by atoms with Gasteiger partial charge in [0.05, 0.1) is 10.5 Å². The van der Waals surface area contributed by atoms with Crippen LogP contribution in [0.5, 0.6) is 0 Å². The van der Waals surface area contributed by atoms with Crippen molar-refractivity contribution >= 4 is 33.5 Å². The molecule has 0 spiro atoms. The first-order valence-electron chi connectivity index (χ1n) is 6.35. The summed E-state index contributed by atoms with van der Waals surface area (Å²) < 4.78 is 0.379. The van der Waals surface area contributed by atoms with Crippen LogP contribution in [0.1, 0.15) is 36.0 Å². The van der Waals surface area contributed by atoms with Crippen molar-refractivity contribution in [1.82, 2.24) is 5.32 Å². The number of carboxylic acid groups (broad SMARTS) is 1. The van der Waals surface area contributed by atoms with E-state index in [1.54, 1.807) is 0 Å². The molecule has 8 heteroatoms. The van der Waals surface area contributed by atoms with E-state index in [4.69, 9.17) is 0 Å². The summed E-state index contributed by atoms with van der Waals surface area (Å²) in [4.78, 5) is 33.9. The number of amides is 1. The van der Waals surface area contributed by atoms with Crippen molar-refractivity contribution in [2.75, 3.05) is 0 Å². The summed E-state index contributed by atoms with van der Waals surface area (Å²) in [6.07, 6.45) is 2.17. The van der Waals surface area contributed by atoms with E-state index in [1.807, 2.05) is 0 Å². The summed E-state index contributed by atoms with van der Waals surface area (Å²) in [6, 6.07) is 3.79. The maximum absolute atomic E-state index is 12.3. The minimum absolute atomic E-state index is 0.0525. The Hall–Kier alpha value is -1.96. The molecule has 2 rings (SSSR count). The third-order valence-electron chi connectivity index (χ3n) is 3.62. The Labute approximate surface area is 128 Å². The fourth-order valence-corrected chi connectivity index (χ4v) is 2.88. The van der Waals surface area contributed by atoms with E-state index in [2.05, 4.69) is 21.2 Å². The minimum atomic E-state index is -1.28. The lowest BCUT2D eigenvalue weighted by Crippen LogP contribution is -2.52. The molecular weight excluding hydrogens is 344 g/mol. The number of hydrogen-bond acceptors (Lipinski definition) is 4. The van der Waals surface area contributed by atoms with Gasteiger partial charge in [-0.15, -0.1) is 0 Å². The largest absolute Gasteiger partial charge is 0.480 e. The molecule has 0 unspecified atom stereocenters. The van der Waals surface area contributed by atoms with Gasteiger partial charge in [0.2, 0.25) is 0 Å². The third kappa shape index (κ3) is 3.05. The lowest BCUT2D eigenvalue weighted by atomic mass is 9.97. The van der Waals surface area contributed by atoms with Crippen molar-refractivity contribution < 1.29 is 19.6 Å². The van der Waals surface area contributed by atoms with Gasteiger partial charge in [0.25, 0.3) is 11.6 Å². The highest BCUT2D eigenvalue weighted by Crippen LogP contribution is 2.31. The molecule has 7 nitrogen and oxygen atoms in total. The lowest BCUT2D eigenvalue weighted by Gasteiger charge is -2.25. The molecule has 1 amide bonds. The molecule has 1 aromatic rings. The zero-order valence-corrected chi connectivity index (χ0v) is 12.6. The van der Waals surface area contributed by atoms with Gasteiger partial charge in [0.1, 0.15) is 5.54 Å². The van der Waals surface area contributed by atoms with Crippen LogP contribution in [0.2, 0.25) is 0 Å². The summed E-state index contributed by atoms with van der Waals surface area (Å²) in [5, 5.41) is 22.6. The van der Waals surface area contributed by atoms with E-state index in [0.29, 0.717) is 17.3 Å². The molecule has 1 aromatic carbocycles. The number of rotatable bonds is 4. The fourth-order valence-electron chi connectivity index (χ4n) is 2.46. The number of benzene rings is 1. The zero-order chi connectivity index (χ0) is 15.6. The lowest BCUT2D eigenvalue weighted by molar-refractivity contribution is -0.384. The first-order chi connectivity index (χ1) is 9.85. The molecule has 2 N–H and O–H groups in total. The molecular formula is C13H13BrN2O5. The van der Waals surface area contributed by atoms with Gasteiger partial charge in [-0.05, 0) is 34.8 Å².